The van der Waals surface area contributed by atoms with Crippen molar-refractivity contribution in [1.82, 2.24) is 39.9 Å². The summed E-state index contributed by atoms with van der Waals surface area (Å²) < 4.78 is 21.2. The maximum Gasteiger partial charge on any atom is 0.323 e. The molecular weight excluding hydrogens is 911 g/mol. The molecule has 0 radical (unpaired) electrons. The van der Waals surface area contributed by atoms with Gasteiger partial charge < -0.3 is 49.8 Å². The van der Waals surface area contributed by atoms with Crippen molar-refractivity contribution in [3.8, 4) is 46.3 Å². The van der Waals surface area contributed by atoms with Crippen LogP contribution in [0.5, 0.6) is 23.3 Å². The quantitative estimate of drug-likeness (QED) is 0.0862. The molecule has 0 saturated carbocycles. The van der Waals surface area contributed by atoms with E-state index < -0.39 is 17.2 Å². The second-order valence-electron chi connectivity index (χ2n) is 18.4. The highest BCUT2D eigenvalue weighted by atomic mass is 16.5. The number of methoxy groups -OCH3 is 2. The summed E-state index contributed by atoms with van der Waals surface area (Å²) in [5.74, 6) is 3.73. The Morgan fingerprint density at radius 2 is 1.13 bits per heavy atom. The van der Waals surface area contributed by atoms with E-state index in [1.54, 1.807) is 121 Å². The van der Waals surface area contributed by atoms with E-state index in [0.717, 1.165) is 72.4 Å². The van der Waals surface area contributed by atoms with Gasteiger partial charge in [-0.15, -0.1) is 0 Å². The summed E-state index contributed by atoms with van der Waals surface area (Å²) >= 11 is 0. The number of ketones is 1. The molecule has 0 aromatic carbocycles. The van der Waals surface area contributed by atoms with E-state index in [1.807, 2.05) is 18.0 Å². The fraction of sp³-hybridized carbons (Fsp3) is 0.412. The number of pyridine rings is 4. The topological polar surface area (TPSA) is 267 Å². The Kier molecular flexibility index (Phi) is 17.7. The summed E-state index contributed by atoms with van der Waals surface area (Å²) in [6.45, 7) is 7.10. The van der Waals surface area contributed by atoms with Crippen molar-refractivity contribution < 1.29 is 43.9 Å². The van der Waals surface area contributed by atoms with Crippen molar-refractivity contribution in [3.05, 3.63) is 101 Å². The van der Waals surface area contributed by atoms with Crippen LogP contribution < -0.4 is 34.5 Å². The van der Waals surface area contributed by atoms with E-state index in [9.17, 15) is 19.8 Å². The zero-order valence-corrected chi connectivity index (χ0v) is 41.5. The van der Waals surface area contributed by atoms with Gasteiger partial charge in [0, 0.05) is 85.9 Å². The lowest BCUT2D eigenvalue weighted by atomic mass is 10.1. The van der Waals surface area contributed by atoms with Crippen molar-refractivity contribution in [2.75, 3.05) is 70.2 Å². The van der Waals surface area contributed by atoms with Crippen molar-refractivity contribution in [1.29, 1.82) is 0 Å². The number of fused-ring (bicyclic) bond motifs is 2. The first-order valence-electron chi connectivity index (χ1n) is 23.1. The lowest BCUT2D eigenvalue weighted by molar-refractivity contribution is -0.135. The largest absolute Gasteiger partial charge is 0.490 e. The van der Waals surface area contributed by atoms with Crippen LogP contribution in [0.2, 0.25) is 0 Å². The molecule has 6 aromatic rings. The number of aromatic nitrogens is 8. The average molecular weight is 974 g/mol. The van der Waals surface area contributed by atoms with E-state index in [1.165, 1.54) is 0 Å². The molecule has 0 fully saturated rings. The van der Waals surface area contributed by atoms with Gasteiger partial charge >= 0.3 is 5.97 Å². The van der Waals surface area contributed by atoms with Crippen molar-refractivity contribution in [3.63, 3.8) is 0 Å². The molecule has 0 amide bonds. The summed E-state index contributed by atoms with van der Waals surface area (Å²) in [5.41, 5.74) is 10.1. The van der Waals surface area contributed by atoms with Crippen LogP contribution in [0.15, 0.2) is 73.3 Å². The standard InChI is InChI=1S/C26H31N5O4.C19H24N4O4.C6H8N2O/c1-26(2,33)16-35-19-10-11-27-22(13-19)24-29-21-7-5-6-20(21)25(30-24)31(3)15-18(32)12-17-8-9-23(34-4)28-14-17;1-19(2,26)11-27-12-7-8-20-15(9-12)17-21-14-6-4-5-13(14)18(22-17)23(3)10-16(24)25;1-9-6-3-2-5(7)4-8-6/h8-11,13-14,33H,5-7,12,15-16H2,1-4H3;7-9,26H,4-6,10-11H2,1-3H3,(H,24,25);2-4H,7H2,1H3. The third kappa shape index (κ3) is 15.7. The number of nitrogen functional groups attached to an aromatic ring is 1. The monoisotopic (exact) mass is 973 g/mol. The molecule has 5 N–H and O–H groups in total. The number of nitrogens with zero attached hydrogens (tertiary/aromatic N) is 10. The number of nitrogens with two attached hydrogens (primary N) is 1. The van der Waals surface area contributed by atoms with E-state index in [0.29, 0.717) is 57.8 Å². The molecule has 71 heavy (non-hydrogen) atoms. The molecule has 0 aliphatic heterocycles. The highest BCUT2D eigenvalue weighted by molar-refractivity contribution is 5.85. The van der Waals surface area contributed by atoms with Crippen LogP contribution in [0.3, 0.4) is 0 Å². The average Bonchev–Trinajstić information content (AvgIpc) is 4.03. The SMILES string of the molecule is CN(CC(=O)O)c1nc(-c2cc(OCC(C)(C)O)ccn2)nc2c1CCC2.COc1ccc(CC(=O)CN(C)c2nc(-c3cc(OCC(C)(C)O)ccn3)nc3c2CCC3)cn1.COc1ccc(N)cn1. The molecule has 2 aliphatic carbocycles. The number of likely N-dealkylation sites (N-methyl/N-ethyl adjacent to an activating group) is 2. The summed E-state index contributed by atoms with van der Waals surface area (Å²) in [5, 5.41) is 28.9. The lowest BCUT2D eigenvalue weighted by Gasteiger charge is -2.21. The Labute approximate surface area is 413 Å². The first kappa shape index (κ1) is 52.8. The zero-order chi connectivity index (χ0) is 51.3. The fourth-order valence-electron chi connectivity index (χ4n) is 7.50. The van der Waals surface area contributed by atoms with Gasteiger partial charge in [-0.3, -0.25) is 19.6 Å². The van der Waals surface area contributed by atoms with Crippen LogP contribution in [0.25, 0.3) is 23.0 Å². The van der Waals surface area contributed by atoms with Gasteiger partial charge in [0.1, 0.15) is 54.3 Å². The van der Waals surface area contributed by atoms with Gasteiger partial charge in [0.05, 0.1) is 43.9 Å². The number of hydrogen-bond acceptors (Lipinski definition) is 19. The molecule has 8 rings (SSSR count). The minimum atomic E-state index is -0.947. The van der Waals surface area contributed by atoms with Gasteiger partial charge in [-0.25, -0.2) is 29.9 Å². The van der Waals surface area contributed by atoms with Gasteiger partial charge in [-0.2, -0.15) is 0 Å². The number of hydrogen-bond donors (Lipinski definition) is 4. The van der Waals surface area contributed by atoms with Gasteiger partial charge in [0.15, 0.2) is 17.4 Å². The summed E-state index contributed by atoms with van der Waals surface area (Å²) in [7, 11) is 6.73. The number of aliphatic carboxylic acids is 1. The number of anilines is 3. The highest BCUT2D eigenvalue weighted by Crippen LogP contribution is 2.33. The molecule has 2 aliphatic rings. The van der Waals surface area contributed by atoms with Gasteiger partial charge in [0.25, 0.3) is 0 Å². The van der Waals surface area contributed by atoms with Crippen molar-refractivity contribution in [2.24, 2.45) is 0 Å². The number of carbonyl (C=O) groups is 2. The predicted octanol–water partition coefficient (Wildman–Crippen LogP) is 5.20. The second kappa shape index (κ2) is 23.8. The number of Topliss-reactive ketones (excluding diaryl/α,β-unsaturated/α-hetero) is 1. The molecule has 376 valence electrons. The Morgan fingerprint density at radius 1 is 0.648 bits per heavy atom. The van der Waals surface area contributed by atoms with E-state index >= 15 is 0 Å². The molecule has 20 heteroatoms. The molecular formula is C51H63N11O9. The number of rotatable bonds is 18. The Morgan fingerprint density at radius 3 is 1.55 bits per heavy atom. The fourth-order valence-corrected chi connectivity index (χ4v) is 7.50. The smallest absolute Gasteiger partial charge is 0.323 e. The number of carboxylic acids is 1. The maximum atomic E-state index is 12.8. The molecule has 0 bridgehead atoms. The number of ether oxygens (including phenoxy) is 4. The minimum Gasteiger partial charge on any atom is -0.490 e. The first-order valence-corrected chi connectivity index (χ1v) is 23.1. The normalized spacial score (nSPS) is 12.5. The van der Waals surface area contributed by atoms with Crippen LogP contribution in [0.4, 0.5) is 17.3 Å². The van der Waals surface area contributed by atoms with Crippen LogP contribution in [-0.4, -0.2) is 133 Å². The molecule has 6 aromatic heterocycles. The van der Waals surface area contributed by atoms with Crippen molar-refractivity contribution >= 4 is 29.1 Å². The number of carboxylic acid groups (broad SMARTS) is 1. The van der Waals surface area contributed by atoms with Crippen LogP contribution in [-0.2, 0) is 41.7 Å². The molecule has 0 saturated heterocycles. The third-order valence-corrected chi connectivity index (χ3v) is 10.8. The molecule has 0 unspecified atom stereocenters. The molecule has 0 atom stereocenters. The zero-order valence-electron chi connectivity index (χ0n) is 41.5. The van der Waals surface area contributed by atoms with Gasteiger partial charge in [-0.1, -0.05) is 6.07 Å². The van der Waals surface area contributed by atoms with E-state index in [4.69, 9.17) is 39.8 Å². The molecule has 6 heterocycles. The molecule has 20 nitrogen and oxygen atoms in total. The van der Waals surface area contributed by atoms with Gasteiger partial charge in [0.2, 0.25) is 11.8 Å². The third-order valence-electron chi connectivity index (χ3n) is 10.8. The maximum absolute atomic E-state index is 12.8. The Balaban J connectivity index is 0.000000202. The predicted molar refractivity (Wildman–Crippen MR) is 267 cm³/mol. The van der Waals surface area contributed by atoms with Crippen LogP contribution >= 0.6 is 0 Å². The Hall–Kier alpha value is -7.58. The highest BCUT2D eigenvalue weighted by Gasteiger charge is 2.26. The van der Waals surface area contributed by atoms with Crippen LogP contribution in [0.1, 0.15) is 68.6 Å². The number of aliphatic hydroxyl groups is 2. The lowest BCUT2D eigenvalue weighted by Crippen LogP contribution is -2.29. The van der Waals surface area contributed by atoms with Crippen LogP contribution in [0, 0.1) is 0 Å². The summed E-state index contributed by atoms with van der Waals surface area (Å²) in [6, 6.07) is 14.0. The first-order chi connectivity index (χ1) is 33.8. The summed E-state index contributed by atoms with van der Waals surface area (Å²) in [6.07, 6.45) is 12.2. The van der Waals surface area contributed by atoms with Crippen molar-refractivity contribution in [2.45, 2.75) is 83.8 Å². The Bertz CT molecular complexity index is 2750. The second-order valence-corrected chi connectivity index (χ2v) is 18.4. The number of aryl methyl sites for hydroxylation is 2. The summed E-state index contributed by atoms with van der Waals surface area (Å²) in [4.78, 5) is 63.1. The number of carbonyl (C=O) groups excluding carboxylic acids is 1. The van der Waals surface area contributed by atoms with E-state index in [-0.39, 0.29) is 38.5 Å². The minimum absolute atomic E-state index is 0.0616. The molecule has 0 spiro atoms. The van der Waals surface area contributed by atoms with Gasteiger partial charge in [-0.05, 0) is 90.0 Å². The van der Waals surface area contributed by atoms with E-state index in [2.05, 4.69) is 29.9 Å².